The zero-order valence-electron chi connectivity index (χ0n) is 33.5. The van der Waals surface area contributed by atoms with Crippen LogP contribution in [0.4, 0.5) is 0 Å². The summed E-state index contributed by atoms with van der Waals surface area (Å²) in [6.07, 6.45) is 38.2. The van der Waals surface area contributed by atoms with Gasteiger partial charge >= 0.3 is 19.8 Å². The van der Waals surface area contributed by atoms with Gasteiger partial charge in [0.05, 0.1) is 19.8 Å². The first-order chi connectivity index (χ1) is 25.7. The van der Waals surface area contributed by atoms with Crippen molar-refractivity contribution in [2.75, 3.05) is 26.4 Å². The number of ether oxygens (including phenoxy) is 2. The zero-order valence-corrected chi connectivity index (χ0v) is 34.4. The van der Waals surface area contributed by atoms with Gasteiger partial charge in [0.25, 0.3) is 0 Å². The zero-order chi connectivity index (χ0) is 39.1. The van der Waals surface area contributed by atoms with Gasteiger partial charge in [-0.25, -0.2) is 4.57 Å². The van der Waals surface area contributed by atoms with Crippen LogP contribution in [0.15, 0.2) is 36.5 Å². The van der Waals surface area contributed by atoms with E-state index in [0.717, 1.165) is 57.8 Å². The maximum Gasteiger partial charge on any atom is 0.472 e. The van der Waals surface area contributed by atoms with Gasteiger partial charge in [0.15, 0.2) is 6.10 Å². The first-order valence-electron chi connectivity index (χ1n) is 20.9. The quantitative estimate of drug-likeness (QED) is 0.0238. The Labute approximate surface area is 322 Å². The van der Waals surface area contributed by atoms with E-state index < -0.39 is 51.8 Å². The molecule has 0 fully saturated rings. The highest BCUT2D eigenvalue weighted by atomic mass is 31.2. The van der Waals surface area contributed by atoms with Crippen LogP contribution in [-0.4, -0.2) is 65.7 Å². The molecule has 0 rings (SSSR count). The van der Waals surface area contributed by atoms with E-state index >= 15 is 0 Å². The Bertz CT molecular complexity index is 983. The standard InChI is InChI=1S/C42H77O10P/c1-3-5-7-9-11-13-15-17-18-19-20-22-24-26-28-30-32-34-42(46)52-40(38-51-53(47,48)50-36-39(44)35-43)37-49-41(45)33-31-29-27-25-23-21-16-14-12-10-8-6-4-2/h11,13,17-18,20,22,39-40,43-44H,3-10,12,14-16,19,21,23-38H2,1-2H3,(H,47,48)/b13-11+,18-17+,22-20+/t39-,40+/m0/s1. The van der Waals surface area contributed by atoms with Gasteiger partial charge in [-0.05, 0) is 51.4 Å². The molecule has 53 heavy (non-hydrogen) atoms. The van der Waals surface area contributed by atoms with E-state index in [9.17, 15) is 24.2 Å². The largest absolute Gasteiger partial charge is 0.472 e. The van der Waals surface area contributed by atoms with Crippen LogP contribution in [0.1, 0.15) is 181 Å². The molecule has 0 aliphatic rings. The van der Waals surface area contributed by atoms with Crippen LogP contribution in [-0.2, 0) is 32.7 Å². The average Bonchev–Trinajstić information content (AvgIpc) is 3.14. The van der Waals surface area contributed by atoms with E-state index in [1.165, 1.54) is 83.5 Å². The number of hydrogen-bond donors (Lipinski definition) is 3. The molecule has 0 aromatic rings. The van der Waals surface area contributed by atoms with Gasteiger partial charge in [-0.15, -0.1) is 0 Å². The Hall–Kier alpha value is -1.81. The summed E-state index contributed by atoms with van der Waals surface area (Å²) in [4.78, 5) is 34.9. The van der Waals surface area contributed by atoms with Gasteiger partial charge in [0, 0.05) is 12.8 Å². The fraction of sp³-hybridized carbons (Fsp3) is 0.810. The average molecular weight is 773 g/mol. The number of unbranched alkanes of at least 4 members (excludes halogenated alkanes) is 19. The lowest BCUT2D eigenvalue weighted by molar-refractivity contribution is -0.161. The molecule has 0 spiro atoms. The van der Waals surface area contributed by atoms with Crippen molar-refractivity contribution < 1.29 is 47.8 Å². The molecule has 0 amide bonds. The second kappa shape index (κ2) is 38.5. The maximum atomic E-state index is 12.6. The Morgan fingerprint density at radius 3 is 1.51 bits per heavy atom. The fourth-order valence-corrected chi connectivity index (χ4v) is 6.32. The summed E-state index contributed by atoms with van der Waals surface area (Å²) in [5.41, 5.74) is 0. The molecular formula is C42H77O10P. The molecule has 0 saturated carbocycles. The summed E-state index contributed by atoms with van der Waals surface area (Å²) in [5.74, 6) is -0.947. The van der Waals surface area contributed by atoms with Gasteiger partial charge in [-0.3, -0.25) is 18.6 Å². The number of phosphoric ester groups is 1. The number of carbonyl (C=O) groups excluding carboxylic acids is 2. The highest BCUT2D eigenvalue weighted by molar-refractivity contribution is 7.47. The molecule has 0 radical (unpaired) electrons. The van der Waals surface area contributed by atoms with Crippen molar-refractivity contribution in [1.29, 1.82) is 0 Å². The molecule has 3 N–H and O–H groups in total. The van der Waals surface area contributed by atoms with Crippen molar-refractivity contribution in [2.24, 2.45) is 0 Å². The van der Waals surface area contributed by atoms with Crippen LogP contribution in [0.25, 0.3) is 0 Å². The molecule has 0 bridgehead atoms. The number of aliphatic hydroxyl groups is 2. The van der Waals surface area contributed by atoms with Crippen molar-refractivity contribution in [2.45, 2.75) is 193 Å². The monoisotopic (exact) mass is 773 g/mol. The lowest BCUT2D eigenvalue weighted by Crippen LogP contribution is -2.29. The molecule has 0 aromatic heterocycles. The van der Waals surface area contributed by atoms with Gasteiger partial charge < -0.3 is 24.6 Å². The summed E-state index contributed by atoms with van der Waals surface area (Å²) in [6, 6.07) is 0. The van der Waals surface area contributed by atoms with Crippen molar-refractivity contribution in [1.82, 2.24) is 0 Å². The number of rotatable bonds is 39. The molecular weight excluding hydrogens is 695 g/mol. The van der Waals surface area contributed by atoms with Crippen molar-refractivity contribution in [3.63, 3.8) is 0 Å². The Morgan fingerprint density at radius 1 is 0.566 bits per heavy atom. The third-order valence-electron chi connectivity index (χ3n) is 8.80. The van der Waals surface area contributed by atoms with E-state index in [-0.39, 0.29) is 19.4 Å². The Balaban J connectivity index is 4.36. The normalized spacial score (nSPS) is 14.3. The number of esters is 2. The van der Waals surface area contributed by atoms with Gasteiger partial charge in [-0.2, -0.15) is 0 Å². The highest BCUT2D eigenvalue weighted by Gasteiger charge is 2.27. The highest BCUT2D eigenvalue weighted by Crippen LogP contribution is 2.43. The van der Waals surface area contributed by atoms with E-state index in [4.69, 9.17) is 19.1 Å². The predicted molar refractivity (Wildman–Crippen MR) is 214 cm³/mol. The third-order valence-corrected chi connectivity index (χ3v) is 9.75. The van der Waals surface area contributed by atoms with Crippen LogP contribution >= 0.6 is 7.82 Å². The molecule has 310 valence electrons. The molecule has 10 nitrogen and oxygen atoms in total. The number of allylic oxidation sites excluding steroid dienone is 6. The van der Waals surface area contributed by atoms with Crippen LogP contribution in [0.3, 0.4) is 0 Å². The summed E-state index contributed by atoms with van der Waals surface area (Å²) in [7, 11) is -4.62. The summed E-state index contributed by atoms with van der Waals surface area (Å²) in [6.45, 7) is 2.32. The van der Waals surface area contributed by atoms with Crippen molar-refractivity contribution in [3.05, 3.63) is 36.5 Å². The molecule has 0 aliphatic heterocycles. The second-order valence-corrected chi connectivity index (χ2v) is 15.5. The van der Waals surface area contributed by atoms with Crippen LogP contribution in [0.5, 0.6) is 0 Å². The second-order valence-electron chi connectivity index (χ2n) is 14.0. The maximum absolute atomic E-state index is 12.6. The van der Waals surface area contributed by atoms with Gasteiger partial charge in [-0.1, -0.05) is 153 Å². The van der Waals surface area contributed by atoms with Crippen LogP contribution < -0.4 is 0 Å². The number of phosphoric acid groups is 1. The number of carbonyl (C=O) groups is 2. The fourth-order valence-electron chi connectivity index (χ4n) is 5.53. The minimum atomic E-state index is -4.62. The third kappa shape index (κ3) is 38.3. The first-order valence-corrected chi connectivity index (χ1v) is 22.4. The Morgan fingerprint density at radius 2 is 0.981 bits per heavy atom. The summed E-state index contributed by atoms with van der Waals surface area (Å²) in [5, 5.41) is 18.3. The minimum absolute atomic E-state index is 0.160. The number of hydrogen-bond acceptors (Lipinski definition) is 9. The molecule has 11 heteroatoms. The SMILES string of the molecule is CCCCC/C=C/C/C=C/C/C=C/CCCCCCC(=O)O[C@H](COC(=O)CCCCCCCCCCCCCCC)COP(=O)(O)OC[C@@H](O)CO. The van der Waals surface area contributed by atoms with E-state index in [1.54, 1.807) is 0 Å². The smallest absolute Gasteiger partial charge is 0.462 e. The Kier molecular flexibility index (Phi) is 37.2. The molecule has 0 heterocycles. The van der Waals surface area contributed by atoms with E-state index in [0.29, 0.717) is 12.8 Å². The van der Waals surface area contributed by atoms with Crippen molar-refractivity contribution >= 4 is 19.8 Å². The topological polar surface area (TPSA) is 149 Å². The molecule has 1 unspecified atom stereocenters. The summed E-state index contributed by atoms with van der Waals surface area (Å²) >= 11 is 0. The van der Waals surface area contributed by atoms with Crippen molar-refractivity contribution in [3.8, 4) is 0 Å². The van der Waals surface area contributed by atoms with E-state index in [1.807, 2.05) is 0 Å². The van der Waals surface area contributed by atoms with E-state index in [2.05, 4.69) is 54.8 Å². The molecule has 0 aromatic carbocycles. The lowest BCUT2D eigenvalue weighted by Gasteiger charge is -2.20. The summed E-state index contributed by atoms with van der Waals surface area (Å²) < 4.78 is 32.6. The predicted octanol–water partition coefficient (Wildman–Crippen LogP) is 10.8. The van der Waals surface area contributed by atoms with Crippen LogP contribution in [0, 0.1) is 0 Å². The van der Waals surface area contributed by atoms with Gasteiger partial charge in [0.1, 0.15) is 12.7 Å². The first kappa shape index (κ1) is 51.2. The molecule has 3 atom stereocenters. The van der Waals surface area contributed by atoms with Gasteiger partial charge in [0.2, 0.25) is 0 Å². The lowest BCUT2D eigenvalue weighted by atomic mass is 10.0. The molecule has 0 aliphatic carbocycles. The minimum Gasteiger partial charge on any atom is -0.462 e. The number of aliphatic hydroxyl groups excluding tert-OH is 2. The molecule has 0 saturated heterocycles. The van der Waals surface area contributed by atoms with Crippen LogP contribution in [0.2, 0.25) is 0 Å².